The molecule has 0 nitrogen and oxygen atoms in total. The Bertz CT molecular complexity index is 53.4. The van der Waals surface area contributed by atoms with E-state index in [0.29, 0.717) is 0 Å². The normalized spacial score (nSPS) is 25.1. The molecule has 0 saturated carbocycles. The minimum absolute atomic E-state index is 0.792. The van der Waals surface area contributed by atoms with Gasteiger partial charge in [-0.05, 0) is 36.6 Å². The van der Waals surface area contributed by atoms with E-state index in [1.807, 2.05) is 0 Å². The van der Waals surface area contributed by atoms with Crippen molar-refractivity contribution in [1.29, 1.82) is 0 Å². The zero-order chi connectivity index (χ0) is 5.82. The van der Waals surface area contributed by atoms with Crippen LogP contribution in [0.25, 0.3) is 0 Å². The lowest BCUT2D eigenvalue weighted by molar-refractivity contribution is 0.726. The monoisotopic (exact) mass is 131 g/mol. The number of rotatable bonds is 0. The van der Waals surface area contributed by atoms with Gasteiger partial charge in [-0.1, -0.05) is 0 Å². The molecule has 0 atom stereocenters. The van der Waals surface area contributed by atoms with E-state index in [-0.39, 0.29) is 0 Å². The lowest BCUT2D eigenvalue weighted by atomic mass is 10.2. The molecule has 1 saturated heterocycles. The minimum atomic E-state index is 0.792. The van der Waals surface area contributed by atoms with Crippen LogP contribution >= 0.6 is 0 Å². The fourth-order valence-electron chi connectivity index (χ4n) is 1.15. The molecule has 0 radical (unpaired) electrons. The average Bonchev–Trinajstić information content (AvgIpc) is 1.94. The van der Waals surface area contributed by atoms with Crippen molar-refractivity contribution in [3.63, 3.8) is 0 Å². The van der Waals surface area contributed by atoms with Crippen LogP contribution in [0.5, 0.6) is 0 Å². The van der Waals surface area contributed by atoms with Gasteiger partial charge in [0.2, 0.25) is 0 Å². The first-order valence-electron chi connectivity index (χ1n) is 3.49. The highest BCUT2D eigenvalue weighted by Gasteiger charge is 2.12. The minimum Gasteiger partial charge on any atom is -0.0487 e. The molecule has 0 unspecified atom stereocenters. The van der Waals surface area contributed by atoms with Gasteiger partial charge < -0.3 is 0 Å². The van der Waals surface area contributed by atoms with E-state index >= 15 is 0 Å². The van der Waals surface area contributed by atoms with E-state index in [1.165, 1.54) is 37.2 Å². The van der Waals surface area contributed by atoms with Crippen molar-refractivity contribution in [3.8, 4) is 0 Å². The van der Waals surface area contributed by atoms with Crippen molar-refractivity contribution in [2.24, 2.45) is 0 Å². The molecule has 0 N–H and O–H groups in total. The Morgan fingerprint density at radius 2 is 1.38 bits per heavy atom. The molecule has 0 amide bonds. The molecule has 0 bridgehead atoms. The molecule has 0 aliphatic carbocycles. The van der Waals surface area contributed by atoms with Gasteiger partial charge in [0, 0.05) is 0 Å². The van der Waals surface area contributed by atoms with Crippen LogP contribution in [0.2, 0.25) is 0 Å². The zero-order valence-electron chi connectivity index (χ0n) is 5.65. The van der Waals surface area contributed by atoms with Crippen LogP contribution in [0.3, 0.4) is 0 Å². The molecule has 1 rings (SSSR count). The highest BCUT2D eigenvalue weighted by molar-refractivity contribution is 7.96. The summed E-state index contributed by atoms with van der Waals surface area (Å²) in [7, 11) is 0.792. The van der Waals surface area contributed by atoms with Gasteiger partial charge in [-0.25, -0.2) is 0 Å². The summed E-state index contributed by atoms with van der Waals surface area (Å²) in [4.78, 5) is 0. The maximum absolute atomic E-state index is 2.41. The lowest BCUT2D eigenvalue weighted by Gasteiger charge is -1.93. The SMILES string of the molecule is C[S+]1CCCCCC1. The molecule has 0 spiro atoms. The zero-order valence-corrected chi connectivity index (χ0v) is 6.47. The maximum Gasteiger partial charge on any atom is 0.107 e. The molecule has 48 valence electrons. The second-order valence-electron chi connectivity index (χ2n) is 2.60. The van der Waals surface area contributed by atoms with Gasteiger partial charge in [0.05, 0.1) is 6.26 Å². The Kier molecular flexibility index (Phi) is 2.74. The van der Waals surface area contributed by atoms with Crippen LogP contribution < -0.4 is 0 Å². The maximum atomic E-state index is 2.41. The topological polar surface area (TPSA) is 0 Å². The van der Waals surface area contributed by atoms with Crippen molar-refractivity contribution in [2.75, 3.05) is 17.8 Å². The first kappa shape index (κ1) is 6.47. The van der Waals surface area contributed by atoms with Crippen LogP contribution in [-0.4, -0.2) is 17.8 Å². The number of hydrogen-bond donors (Lipinski definition) is 0. The van der Waals surface area contributed by atoms with Gasteiger partial charge in [0.15, 0.2) is 0 Å². The lowest BCUT2D eigenvalue weighted by Crippen LogP contribution is -2.05. The Labute approximate surface area is 55.0 Å². The Morgan fingerprint density at radius 1 is 0.875 bits per heavy atom. The van der Waals surface area contributed by atoms with E-state index in [0.717, 1.165) is 10.9 Å². The average molecular weight is 131 g/mol. The summed E-state index contributed by atoms with van der Waals surface area (Å²) in [6.45, 7) is 0. The number of hydrogen-bond acceptors (Lipinski definition) is 0. The molecule has 0 aromatic rings. The summed E-state index contributed by atoms with van der Waals surface area (Å²) in [6.07, 6.45) is 8.40. The molecule has 1 heteroatoms. The van der Waals surface area contributed by atoms with Crippen LogP contribution in [-0.2, 0) is 10.9 Å². The van der Waals surface area contributed by atoms with E-state index in [4.69, 9.17) is 0 Å². The van der Waals surface area contributed by atoms with Crippen molar-refractivity contribution >= 4 is 10.9 Å². The predicted octanol–water partition coefficient (Wildman–Crippen LogP) is 1.81. The van der Waals surface area contributed by atoms with Crippen molar-refractivity contribution in [2.45, 2.75) is 25.7 Å². The summed E-state index contributed by atoms with van der Waals surface area (Å²) in [5.41, 5.74) is 0. The Morgan fingerprint density at radius 3 is 1.88 bits per heavy atom. The first-order valence-corrected chi connectivity index (χ1v) is 5.46. The standard InChI is InChI=1S/C7H15S/c1-8-6-4-2-3-5-7-8/h2-7H2,1H3/q+1. The van der Waals surface area contributed by atoms with E-state index in [9.17, 15) is 0 Å². The van der Waals surface area contributed by atoms with Gasteiger partial charge in [-0.2, -0.15) is 0 Å². The summed E-state index contributed by atoms with van der Waals surface area (Å²) in [6, 6.07) is 0. The summed E-state index contributed by atoms with van der Waals surface area (Å²) < 4.78 is 0. The quantitative estimate of drug-likeness (QED) is 0.440. The van der Waals surface area contributed by atoms with Crippen LogP contribution in [0, 0.1) is 0 Å². The third-order valence-corrected chi connectivity index (χ3v) is 3.71. The van der Waals surface area contributed by atoms with Gasteiger partial charge in [0.1, 0.15) is 11.5 Å². The largest absolute Gasteiger partial charge is 0.107 e. The van der Waals surface area contributed by atoms with Gasteiger partial charge in [0.25, 0.3) is 0 Å². The van der Waals surface area contributed by atoms with Gasteiger partial charge in [-0.3, -0.25) is 0 Å². The molecule has 1 fully saturated rings. The highest BCUT2D eigenvalue weighted by Crippen LogP contribution is 2.10. The smallest absolute Gasteiger partial charge is 0.0487 e. The second kappa shape index (κ2) is 3.39. The second-order valence-corrected chi connectivity index (χ2v) is 4.98. The molecule has 1 heterocycles. The Hall–Kier alpha value is 0.350. The molecule has 8 heavy (non-hydrogen) atoms. The fraction of sp³-hybridized carbons (Fsp3) is 1.00. The van der Waals surface area contributed by atoms with E-state index < -0.39 is 0 Å². The van der Waals surface area contributed by atoms with E-state index in [1.54, 1.807) is 0 Å². The van der Waals surface area contributed by atoms with Crippen molar-refractivity contribution in [3.05, 3.63) is 0 Å². The molecule has 1 aliphatic rings. The summed E-state index contributed by atoms with van der Waals surface area (Å²) in [5.74, 6) is 3.03. The van der Waals surface area contributed by atoms with Crippen LogP contribution in [0.4, 0.5) is 0 Å². The fourth-order valence-corrected chi connectivity index (χ4v) is 2.75. The van der Waals surface area contributed by atoms with Crippen molar-refractivity contribution in [1.82, 2.24) is 0 Å². The van der Waals surface area contributed by atoms with Crippen LogP contribution in [0.15, 0.2) is 0 Å². The third kappa shape index (κ3) is 2.08. The van der Waals surface area contributed by atoms with Gasteiger partial charge >= 0.3 is 0 Å². The summed E-state index contributed by atoms with van der Waals surface area (Å²) >= 11 is 0. The molecule has 1 aliphatic heterocycles. The predicted molar refractivity (Wildman–Crippen MR) is 41.5 cm³/mol. The van der Waals surface area contributed by atoms with Crippen LogP contribution in [0.1, 0.15) is 25.7 Å². The summed E-state index contributed by atoms with van der Waals surface area (Å²) in [5, 5.41) is 0. The molecule has 0 aromatic carbocycles. The highest BCUT2D eigenvalue weighted by atomic mass is 32.2. The van der Waals surface area contributed by atoms with E-state index in [2.05, 4.69) is 6.26 Å². The first-order chi connectivity index (χ1) is 3.89. The molecular weight excluding hydrogens is 116 g/mol. The van der Waals surface area contributed by atoms with Gasteiger partial charge in [-0.15, -0.1) is 0 Å². The Balaban J connectivity index is 2.17. The molecule has 0 aromatic heterocycles. The van der Waals surface area contributed by atoms with Crippen molar-refractivity contribution < 1.29 is 0 Å². The molecular formula is C7H15S+. The third-order valence-electron chi connectivity index (χ3n) is 1.74.